The molecule has 0 fully saturated rings. The highest BCUT2D eigenvalue weighted by molar-refractivity contribution is 5.86. The molecule has 0 radical (unpaired) electrons. The first kappa shape index (κ1) is 16.1. The second-order valence-electron chi connectivity index (χ2n) is 6.03. The van der Waals surface area contributed by atoms with E-state index in [0.29, 0.717) is 12.2 Å². The van der Waals surface area contributed by atoms with Crippen LogP contribution in [0.15, 0.2) is 60.7 Å². The fourth-order valence-corrected chi connectivity index (χ4v) is 2.80. The zero-order valence-electron chi connectivity index (χ0n) is 13.8. The molecule has 1 N–H and O–H groups in total. The maximum atomic E-state index is 11.7. The second kappa shape index (κ2) is 6.75. The Morgan fingerprint density at radius 3 is 2.50 bits per heavy atom. The van der Waals surface area contributed by atoms with Crippen LogP contribution >= 0.6 is 0 Å². The first-order valence-corrected chi connectivity index (χ1v) is 7.98. The molecule has 1 atom stereocenters. The molecule has 0 saturated carbocycles. The van der Waals surface area contributed by atoms with Crippen LogP contribution in [0.2, 0.25) is 0 Å². The molecule has 122 valence electrons. The van der Waals surface area contributed by atoms with Gasteiger partial charge >= 0.3 is 5.97 Å². The van der Waals surface area contributed by atoms with Crippen LogP contribution in [-0.4, -0.2) is 17.2 Å². The summed E-state index contributed by atoms with van der Waals surface area (Å²) in [4.78, 5) is 11.7. The minimum Gasteiger partial charge on any atom is -0.478 e. The Morgan fingerprint density at radius 1 is 1.00 bits per heavy atom. The molecule has 3 aromatic carbocycles. The third-order valence-corrected chi connectivity index (χ3v) is 4.32. The van der Waals surface area contributed by atoms with Gasteiger partial charge in [-0.25, -0.2) is 4.79 Å². The molecule has 0 amide bonds. The average molecular weight is 320 g/mol. The summed E-state index contributed by atoms with van der Waals surface area (Å²) >= 11 is 0. The topological polar surface area (TPSA) is 46.5 Å². The summed E-state index contributed by atoms with van der Waals surface area (Å²) in [7, 11) is 0. The van der Waals surface area contributed by atoms with Gasteiger partial charge in [0.15, 0.2) is 6.10 Å². The van der Waals surface area contributed by atoms with Crippen molar-refractivity contribution in [2.45, 2.75) is 26.4 Å². The SMILES string of the molecule is Cc1ccc(O[C@H](Cc2cccc3ccccc23)C(=O)O)cc1C. The van der Waals surface area contributed by atoms with E-state index in [1.807, 2.05) is 74.5 Å². The summed E-state index contributed by atoms with van der Waals surface area (Å²) in [5, 5.41) is 11.7. The summed E-state index contributed by atoms with van der Waals surface area (Å²) in [6.45, 7) is 4.01. The van der Waals surface area contributed by atoms with Crippen molar-refractivity contribution < 1.29 is 14.6 Å². The summed E-state index contributed by atoms with van der Waals surface area (Å²) in [5.41, 5.74) is 3.22. The minimum absolute atomic E-state index is 0.323. The van der Waals surface area contributed by atoms with E-state index in [2.05, 4.69) is 0 Å². The van der Waals surface area contributed by atoms with Crippen LogP contribution in [0.3, 0.4) is 0 Å². The van der Waals surface area contributed by atoms with Crippen molar-refractivity contribution in [1.29, 1.82) is 0 Å². The van der Waals surface area contributed by atoms with Gasteiger partial charge in [-0.3, -0.25) is 0 Å². The molecular weight excluding hydrogens is 300 g/mol. The van der Waals surface area contributed by atoms with E-state index in [1.165, 1.54) is 0 Å². The Kier molecular flexibility index (Phi) is 4.52. The first-order chi connectivity index (χ1) is 11.5. The Balaban J connectivity index is 1.88. The van der Waals surface area contributed by atoms with Gasteiger partial charge in [0.25, 0.3) is 0 Å². The second-order valence-corrected chi connectivity index (χ2v) is 6.03. The van der Waals surface area contributed by atoms with Gasteiger partial charge in [0.2, 0.25) is 0 Å². The highest BCUT2D eigenvalue weighted by Gasteiger charge is 2.21. The van der Waals surface area contributed by atoms with Crippen molar-refractivity contribution in [1.82, 2.24) is 0 Å². The van der Waals surface area contributed by atoms with E-state index in [9.17, 15) is 9.90 Å². The van der Waals surface area contributed by atoms with E-state index in [1.54, 1.807) is 0 Å². The predicted octanol–water partition coefficient (Wildman–Crippen LogP) is 4.53. The van der Waals surface area contributed by atoms with Crippen molar-refractivity contribution in [3.05, 3.63) is 77.4 Å². The van der Waals surface area contributed by atoms with Gasteiger partial charge in [-0.1, -0.05) is 48.5 Å². The fraction of sp³-hybridized carbons (Fsp3) is 0.190. The molecule has 24 heavy (non-hydrogen) atoms. The summed E-state index contributed by atoms with van der Waals surface area (Å²) in [5.74, 6) is -0.369. The van der Waals surface area contributed by atoms with Gasteiger partial charge < -0.3 is 9.84 Å². The summed E-state index contributed by atoms with van der Waals surface area (Å²) < 4.78 is 5.77. The van der Waals surface area contributed by atoms with Crippen molar-refractivity contribution in [3.63, 3.8) is 0 Å². The third kappa shape index (κ3) is 3.40. The lowest BCUT2D eigenvalue weighted by atomic mass is 10.00. The number of rotatable bonds is 5. The zero-order chi connectivity index (χ0) is 17.1. The smallest absolute Gasteiger partial charge is 0.345 e. The molecule has 0 saturated heterocycles. The van der Waals surface area contributed by atoms with Crippen molar-refractivity contribution in [2.24, 2.45) is 0 Å². The highest BCUT2D eigenvalue weighted by Crippen LogP contribution is 2.23. The van der Waals surface area contributed by atoms with Crippen LogP contribution in [0.5, 0.6) is 5.75 Å². The van der Waals surface area contributed by atoms with Crippen molar-refractivity contribution in [2.75, 3.05) is 0 Å². The molecule has 0 heterocycles. The Morgan fingerprint density at radius 2 is 1.75 bits per heavy atom. The molecule has 3 heteroatoms. The Hall–Kier alpha value is -2.81. The van der Waals surface area contributed by atoms with E-state index >= 15 is 0 Å². The number of ether oxygens (including phenoxy) is 1. The van der Waals surface area contributed by atoms with Gasteiger partial charge in [0, 0.05) is 6.42 Å². The number of aliphatic carboxylic acids is 1. The van der Waals surface area contributed by atoms with Gasteiger partial charge in [0.05, 0.1) is 0 Å². The lowest BCUT2D eigenvalue weighted by Gasteiger charge is -2.17. The summed E-state index contributed by atoms with van der Waals surface area (Å²) in [6, 6.07) is 19.6. The first-order valence-electron chi connectivity index (χ1n) is 7.98. The number of fused-ring (bicyclic) bond motifs is 1. The van der Waals surface area contributed by atoms with Gasteiger partial charge in [-0.2, -0.15) is 0 Å². The lowest BCUT2D eigenvalue weighted by molar-refractivity contribution is -0.145. The number of carboxylic acid groups (broad SMARTS) is 1. The van der Waals surface area contributed by atoms with Gasteiger partial charge in [0.1, 0.15) is 5.75 Å². The van der Waals surface area contributed by atoms with Crippen molar-refractivity contribution in [3.8, 4) is 5.75 Å². The number of carbonyl (C=O) groups is 1. The molecule has 0 aromatic heterocycles. The number of aryl methyl sites for hydroxylation is 2. The maximum Gasteiger partial charge on any atom is 0.345 e. The normalized spacial score (nSPS) is 12.1. The van der Waals surface area contributed by atoms with E-state index in [0.717, 1.165) is 27.5 Å². The third-order valence-electron chi connectivity index (χ3n) is 4.32. The monoisotopic (exact) mass is 320 g/mol. The minimum atomic E-state index is -0.957. The van der Waals surface area contributed by atoms with Crippen molar-refractivity contribution >= 4 is 16.7 Å². The molecule has 3 nitrogen and oxygen atoms in total. The quantitative estimate of drug-likeness (QED) is 0.751. The van der Waals surface area contributed by atoms with E-state index in [-0.39, 0.29) is 0 Å². The van der Waals surface area contributed by atoms with Crippen LogP contribution in [0.4, 0.5) is 0 Å². The molecule has 0 aliphatic carbocycles. The van der Waals surface area contributed by atoms with E-state index < -0.39 is 12.1 Å². The predicted molar refractivity (Wildman–Crippen MR) is 95.6 cm³/mol. The molecule has 3 rings (SSSR count). The van der Waals surface area contributed by atoms with Gasteiger partial charge in [-0.15, -0.1) is 0 Å². The number of benzene rings is 3. The standard InChI is InChI=1S/C21H20O3/c1-14-10-11-18(12-15(14)2)24-20(21(22)23)13-17-8-5-7-16-6-3-4-9-19(16)17/h3-12,20H,13H2,1-2H3,(H,22,23)/t20-/m1/s1. The molecule has 3 aromatic rings. The molecule has 0 bridgehead atoms. The number of hydrogen-bond donors (Lipinski definition) is 1. The van der Waals surface area contributed by atoms with Crippen LogP contribution in [-0.2, 0) is 11.2 Å². The Labute approximate surface area is 141 Å². The highest BCUT2D eigenvalue weighted by atomic mass is 16.5. The zero-order valence-corrected chi connectivity index (χ0v) is 13.8. The largest absolute Gasteiger partial charge is 0.478 e. The number of hydrogen-bond acceptors (Lipinski definition) is 2. The van der Waals surface area contributed by atoms with Crippen LogP contribution in [0.1, 0.15) is 16.7 Å². The van der Waals surface area contributed by atoms with Crippen LogP contribution in [0.25, 0.3) is 10.8 Å². The fourth-order valence-electron chi connectivity index (χ4n) is 2.80. The molecule has 0 spiro atoms. The van der Waals surface area contributed by atoms with E-state index in [4.69, 9.17) is 4.74 Å². The number of carboxylic acids is 1. The molecular formula is C21H20O3. The lowest BCUT2D eigenvalue weighted by Crippen LogP contribution is -2.29. The average Bonchev–Trinajstić information content (AvgIpc) is 2.57. The van der Waals surface area contributed by atoms with Crippen LogP contribution in [0, 0.1) is 13.8 Å². The molecule has 0 unspecified atom stereocenters. The maximum absolute atomic E-state index is 11.7. The Bertz CT molecular complexity index is 878. The molecule has 0 aliphatic heterocycles. The molecule has 0 aliphatic rings. The van der Waals surface area contributed by atoms with Crippen LogP contribution < -0.4 is 4.74 Å². The summed E-state index contributed by atoms with van der Waals surface area (Å²) in [6.07, 6.45) is -0.596. The van der Waals surface area contributed by atoms with Gasteiger partial charge in [-0.05, 0) is 53.4 Å².